The molecule has 0 saturated heterocycles. The number of hydrogen-bond donors (Lipinski definition) is 0. The van der Waals surface area contributed by atoms with Crippen LogP contribution in [-0.4, -0.2) is 6.79 Å². The summed E-state index contributed by atoms with van der Waals surface area (Å²) in [5, 5.41) is 0. The predicted molar refractivity (Wildman–Crippen MR) is 55.4 cm³/mol. The summed E-state index contributed by atoms with van der Waals surface area (Å²) in [6.07, 6.45) is 1.81. The third-order valence-electron chi connectivity index (χ3n) is 1.71. The highest BCUT2D eigenvalue weighted by atomic mass is 127. The van der Waals surface area contributed by atoms with Crippen LogP contribution in [0.2, 0.25) is 0 Å². The van der Waals surface area contributed by atoms with Crippen LogP contribution in [0.15, 0.2) is 18.7 Å². The van der Waals surface area contributed by atoms with Gasteiger partial charge in [0.1, 0.15) is 0 Å². The molecule has 1 aromatic carbocycles. The lowest BCUT2D eigenvalue weighted by atomic mass is 10.2. The van der Waals surface area contributed by atoms with Crippen LogP contribution in [0.25, 0.3) is 6.08 Å². The minimum atomic E-state index is 0.325. The molecule has 0 atom stereocenters. The molecule has 0 aromatic heterocycles. The van der Waals surface area contributed by atoms with Gasteiger partial charge in [-0.3, -0.25) is 0 Å². The van der Waals surface area contributed by atoms with Crippen LogP contribution < -0.4 is 9.47 Å². The molecule has 0 unspecified atom stereocenters. The fraction of sp³-hybridized carbons (Fsp3) is 0.111. The summed E-state index contributed by atoms with van der Waals surface area (Å²) in [5.74, 6) is 1.63. The second-order valence-corrected chi connectivity index (χ2v) is 3.59. The zero-order valence-electron chi connectivity index (χ0n) is 6.34. The van der Waals surface area contributed by atoms with Crippen LogP contribution in [0.1, 0.15) is 5.56 Å². The van der Waals surface area contributed by atoms with Crippen LogP contribution in [0, 0.1) is 3.57 Å². The lowest BCUT2D eigenvalue weighted by molar-refractivity contribution is 0.174. The Kier molecular flexibility index (Phi) is 1.96. The van der Waals surface area contributed by atoms with E-state index >= 15 is 0 Å². The smallest absolute Gasteiger partial charge is 0.231 e. The second kappa shape index (κ2) is 2.97. The average molecular weight is 274 g/mol. The number of rotatable bonds is 1. The normalized spacial score (nSPS) is 13.1. The Morgan fingerprint density at radius 3 is 2.67 bits per heavy atom. The van der Waals surface area contributed by atoms with Gasteiger partial charge in [0.2, 0.25) is 6.79 Å². The summed E-state index contributed by atoms with van der Waals surface area (Å²) in [7, 11) is 0. The highest BCUT2D eigenvalue weighted by Gasteiger charge is 2.14. The van der Waals surface area contributed by atoms with Gasteiger partial charge in [-0.15, -0.1) is 0 Å². The Morgan fingerprint density at radius 2 is 2.00 bits per heavy atom. The van der Waals surface area contributed by atoms with Gasteiger partial charge in [0.15, 0.2) is 11.5 Å². The first kappa shape index (κ1) is 7.91. The predicted octanol–water partition coefficient (Wildman–Crippen LogP) is 2.66. The van der Waals surface area contributed by atoms with Gasteiger partial charge in [-0.05, 0) is 40.3 Å². The topological polar surface area (TPSA) is 18.5 Å². The monoisotopic (exact) mass is 274 g/mol. The van der Waals surface area contributed by atoms with Crippen molar-refractivity contribution in [2.45, 2.75) is 0 Å². The van der Waals surface area contributed by atoms with Crippen molar-refractivity contribution >= 4 is 28.7 Å². The fourth-order valence-corrected chi connectivity index (χ4v) is 1.75. The van der Waals surface area contributed by atoms with Crippen molar-refractivity contribution in [1.29, 1.82) is 0 Å². The highest BCUT2D eigenvalue weighted by molar-refractivity contribution is 14.1. The lowest BCUT2D eigenvalue weighted by Crippen LogP contribution is -1.92. The lowest BCUT2D eigenvalue weighted by Gasteiger charge is -2.00. The largest absolute Gasteiger partial charge is 0.454 e. The van der Waals surface area contributed by atoms with E-state index in [1.54, 1.807) is 0 Å². The third kappa shape index (κ3) is 1.18. The molecule has 1 heterocycles. The Balaban J connectivity index is 2.56. The van der Waals surface area contributed by atoms with E-state index in [-0.39, 0.29) is 0 Å². The maximum absolute atomic E-state index is 5.22. The standard InChI is InChI=1S/C9H7IO2/c1-2-6-3-8-9(4-7(6)10)12-5-11-8/h2-4H,1,5H2. The van der Waals surface area contributed by atoms with Crippen molar-refractivity contribution in [3.8, 4) is 11.5 Å². The third-order valence-corrected chi connectivity index (χ3v) is 2.65. The molecule has 1 aromatic rings. The molecule has 0 spiro atoms. The molecule has 1 aliphatic rings. The fourth-order valence-electron chi connectivity index (χ4n) is 1.09. The molecule has 0 fully saturated rings. The van der Waals surface area contributed by atoms with E-state index in [2.05, 4.69) is 29.2 Å². The molecule has 1 aliphatic heterocycles. The zero-order valence-corrected chi connectivity index (χ0v) is 8.50. The quantitative estimate of drug-likeness (QED) is 0.733. The van der Waals surface area contributed by atoms with E-state index in [1.807, 2.05) is 18.2 Å². The van der Waals surface area contributed by atoms with E-state index in [0.717, 1.165) is 20.6 Å². The van der Waals surface area contributed by atoms with Gasteiger partial charge in [0.05, 0.1) is 0 Å². The number of halogens is 1. The second-order valence-electron chi connectivity index (χ2n) is 2.43. The molecule has 12 heavy (non-hydrogen) atoms. The van der Waals surface area contributed by atoms with Gasteiger partial charge < -0.3 is 9.47 Å². The van der Waals surface area contributed by atoms with Crippen molar-refractivity contribution < 1.29 is 9.47 Å². The first-order chi connectivity index (χ1) is 5.81. The van der Waals surface area contributed by atoms with Crippen LogP contribution in [0.5, 0.6) is 11.5 Å². The number of benzene rings is 1. The van der Waals surface area contributed by atoms with Gasteiger partial charge in [0.25, 0.3) is 0 Å². The Morgan fingerprint density at radius 1 is 1.33 bits per heavy atom. The maximum atomic E-state index is 5.22. The highest BCUT2D eigenvalue weighted by Crippen LogP contribution is 2.35. The van der Waals surface area contributed by atoms with Crippen molar-refractivity contribution in [3.05, 3.63) is 27.8 Å². The summed E-state index contributed by atoms with van der Waals surface area (Å²) in [6, 6.07) is 3.90. The molecular weight excluding hydrogens is 267 g/mol. The molecule has 0 saturated carbocycles. The molecule has 0 aliphatic carbocycles. The van der Waals surface area contributed by atoms with Crippen LogP contribution in [-0.2, 0) is 0 Å². The van der Waals surface area contributed by atoms with Gasteiger partial charge in [-0.2, -0.15) is 0 Å². The average Bonchev–Trinajstić information content (AvgIpc) is 2.49. The van der Waals surface area contributed by atoms with Gasteiger partial charge in [-0.25, -0.2) is 0 Å². The summed E-state index contributed by atoms with van der Waals surface area (Å²) in [5.41, 5.74) is 1.08. The molecule has 62 valence electrons. The Bertz CT molecular complexity index is 334. The summed E-state index contributed by atoms with van der Waals surface area (Å²) in [6.45, 7) is 4.04. The maximum Gasteiger partial charge on any atom is 0.231 e. The van der Waals surface area contributed by atoms with Gasteiger partial charge in [-0.1, -0.05) is 12.7 Å². The van der Waals surface area contributed by atoms with Crippen LogP contribution in [0.4, 0.5) is 0 Å². The Labute approximate surface area is 84.3 Å². The van der Waals surface area contributed by atoms with Gasteiger partial charge in [0, 0.05) is 3.57 Å². The van der Waals surface area contributed by atoms with Crippen molar-refractivity contribution in [2.24, 2.45) is 0 Å². The summed E-state index contributed by atoms with van der Waals surface area (Å²) >= 11 is 2.25. The van der Waals surface area contributed by atoms with Gasteiger partial charge >= 0.3 is 0 Å². The van der Waals surface area contributed by atoms with Crippen LogP contribution >= 0.6 is 22.6 Å². The van der Waals surface area contributed by atoms with E-state index in [0.29, 0.717) is 6.79 Å². The molecule has 0 radical (unpaired) electrons. The molecule has 0 bridgehead atoms. The van der Waals surface area contributed by atoms with E-state index in [1.165, 1.54) is 0 Å². The number of ether oxygens (including phenoxy) is 2. The minimum Gasteiger partial charge on any atom is -0.454 e. The summed E-state index contributed by atoms with van der Waals surface area (Å²) < 4.78 is 11.6. The molecule has 2 nitrogen and oxygen atoms in total. The zero-order chi connectivity index (χ0) is 8.55. The minimum absolute atomic E-state index is 0.325. The molecule has 2 rings (SSSR count). The molecular formula is C9H7IO2. The first-order valence-electron chi connectivity index (χ1n) is 3.53. The molecule has 3 heteroatoms. The SMILES string of the molecule is C=Cc1cc2c(cc1I)OCO2. The van der Waals surface area contributed by atoms with E-state index in [4.69, 9.17) is 9.47 Å². The van der Waals surface area contributed by atoms with Crippen molar-refractivity contribution in [1.82, 2.24) is 0 Å². The number of hydrogen-bond acceptors (Lipinski definition) is 2. The van der Waals surface area contributed by atoms with Crippen molar-refractivity contribution in [3.63, 3.8) is 0 Å². The van der Waals surface area contributed by atoms with Crippen LogP contribution in [0.3, 0.4) is 0 Å². The molecule has 0 amide bonds. The summed E-state index contributed by atoms with van der Waals surface area (Å²) in [4.78, 5) is 0. The van der Waals surface area contributed by atoms with E-state index < -0.39 is 0 Å². The number of fused-ring (bicyclic) bond motifs is 1. The van der Waals surface area contributed by atoms with Crippen molar-refractivity contribution in [2.75, 3.05) is 6.79 Å². The van der Waals surface area contributed by atoms with E-state index in [9.17, 15) is 0 Å². The molecule has 0 N–H and O–H groups in total. The first-order valence-corrected chi connectivity index (χ1v) is 4.60. The Hall–Kier alpha value is -0.710.